The van der Waals surface area contributed by atoms with Gasteiger partial charge in [-0.05, 0) is 58.5 Å². The minimum absolute atomic E-state index is 0.397. The maximum atomic E-state index is 6.10. The molecule has 1 heterocycles. The molecule has 19 heavy (non-hydrogen) atoms. The Morgan fingerprint density at radius 3 is 2.47 bits per heavy atom. The van der Waals surface area contributed by atoms with Crippen molar-refractivity contribution in [2.24, 2.45) is 5.92 Å². The zero-order valence-electron chi connectivity index (χ0n) is 10.3. The van der Waals surface area contributed by atoms with Crippen LogP contribution in [0.15, 0.2) is 51.5 Å². The second-order valence-electron chi connectivity index (χ2n) is 4.49. The molecule has 2 aromatic rings. The Balaban J connectivity index is 2.05. The molecule has 1 aromatic heterocycles. The molecule has 0 radical (unpaired) electrons. The fraction of sp³-hybridized carbons (Fsp3) is 0.267. The first-order valence-corrected chi connectivity index (χ1v) is 8.21. The van der Waals surface area contributed by atoms with Crippen molar-refractivity contribution < 1.29 is 0 Å². The summed E-state index contributed by atoms with van der Waals surface area (Å²) in [7, 11) is 0. The standard InChI is InChI=1S/C15H14Br2ClN/c16-13-5-6-14(19-10-13)8-11(9-18)7-12-3-1-2-4-15(12)17/h1-6,10-11H,7-9H2. The van der Waals surface area contributed by atoms with Gasteiger partial charge in [-0.1, -0.05) is 34.1 Å². The maximum absolute atomic E-state index is 6.10. The van der Waals surface area contributed by atoms with Crippen molar-refractivity contribution in [3.05, 3.63) is 62.8 Å². The van der Waals surface area contributed by atoms with Crippen LogP contribution in [0, 0.1) is 5.92 Å². The highest BCUT2D eigenvalue weighted by Crippen LogP contribution is 2.22. The number of hydrogen-bond donors (Lipinski definition) is 0. The van der Waals surface area contributed by atoms with Crippen LogP contribution in [0.1, 0.15) is 11.3 Å². The lowest BCUT2D eigenvalue weighted by Gasteiger charge is -2.14. The SMILES string of the molecule is ClCC(Cc1ccc(Br)cn1)Cc1ccccc1Br. The van der Waals surface area contributed by atoms with E-state index in [2.05, 4.69) is 55.0 Å². The number of halogens is 3. The molecule has 0 saturated carbocycles. The number of hydrogen-bond acceptors (Lipinski definition) is 1. The summed E-state index contributed by atoms with van der Waals surface area (Å²) in [6, 6.07) is 12.4. The van der Waals surface area contributed by atoms with E-state index in [0.29, 0.717) is 11.8 Å². The predicted octanol–water partition coefficient (Wildman–Crippen LogP) is 5.25. The molecule has 0 bridgehead atoms. The third kappa shape index (κ3) is 4.59. The number of nitrogens with zero attached hydrogens (tertiary/aromatic N) is 1. The molecule has 0 spiro atoms. The van der Waals surface area contributed by atoms with E-state index in [4.69, 9.17) is 11.6 Å². The number of pyridine rings is 1. The Bertz CT molecular complexity index is 528. The quantitative estimate of drug-likeness (QED) is 0.622. The summed E-state index contributed by atoms with van der Waals surface area (Å²) in [5.41, 5.74) is 2.38. The van der Waals surface area contributed by atoms with E-state index < -0.39 is 0 Å². The van der Waals surface area contributed by atoms with Crippen molar-refractivity contribution in [2.75, 3.05) is 5.88 Å². The fourth-order valence-electron chi connectivity index (χ4n) is 1.98. The van der Waals surface area contributed by atoms with E-state index >= 15 is 0 Å². The Morgan fingerprint density at radius 2 is 1.84 bits per heavy atom. The van der Waals surface area contributed by atoms with Crippen LogP contribution in [0.2, 0.25) is 0 Å². The van der Waals surface area contributed by atoms with Crippen molar-refractivity contribution in [3.8, 4) is 0 Å². The van der Waals surface area contributed by atoms with Crippen LogP contribution in [0.5, 0.6) is 0 Å². The van der Waals surface area contributed by atoms with Crippen molar-refractivity contribution in [1.29, 1.82) is 0 Å². The molecular weight excluding hydrogens is 389 g/mol. The zero-order valence-corrected chi connectivity index (χ0v) is 14.2. The van der Waals surface area contributed by atoms with Crippen LogP contribution in [0.3, 0.4) is 0 Å². The zero-order chi connectivity index (χ0) is 13.7. The van der Waals surface area contributed by atoms with E-state index in [0.717, 1.165) is 27.5 Å². The monoisotopic (exact) mass is 401 g/mol. The van der Waals surface area contributed by atoms with E-state index in [1.54, 1.807) is 0 Å². The lowest BCUT2D eigenvalue weighted by atomic mass is 9.96. The largest absolute Gasteiger partial charge is 0.260 e. The molecule has 4 heteroatoms. The summed E-state index contributed by atoms with van der Waals surface area (Å²) in [5, 5.41) is 0. The number of aromatic nitrogens is 1. The molecule has 0 amide bonds. The molecule has 0 fully saturated rings. The summed E-state index contributed by atoms with van der Waals surface area (Å²) < 4.78 is 2.15. The highest BCUT2D eigenvalue weighted by molar-refractivity contribution is 9.10. The van der Waals surface area contributed by atoms with Crippen LogP contribution in [0.4, 0.5) is 0 Å². The first-order chi connectivity index (χ1) is 9.19. The normalized spacial score (nSPS) is 12.4. The van der Waals surface area contributed by atoms with Gasteiger partial charge >= 0.3 is 0 Å². The summed E-state index contributed by atoms with van der Waals surface area (Å²) in [4.78, 5) is 4.41. The van der Waals surface area contributed by atoms with Crippen LogP contribution >= 0.6 is 43.5 Å². The molecule has 1 aromatic carbocycles. The lowest BCUT2D eigenvalue weighted by Crippen LogP contribution is -2.11. The Labute approximate surface area is 135 Å². The lowest BCUT2D eigenvalue weighted by molar-refractivity contribution is 0.574. The van der Waals surface area contributed by atoms with Crippen LogP contribution in [-0.2, 0) is 12.8 Å². The van der Waals surface area contributed by atoms with Crippen molar-refractivity contribution in [2.45, 2.75) is 12.8 Å². The summed E-state index contributed by atoms with van der Waals surface area (Å²) in [5.74, 6) is 1.04. The average molecular weight is 404 g/mol. The third-order valence-corrected chi connectivity index (χ3v) is 4.65. The first kappa shape index (κ1) is 15.0. The van der Waals surface area contributed by atoms with E-state index in [-0.39, 0.29) is 0 Å². The summed E-state index contributed by atoms with van der Waals surface area (Å²) in [6.07, 6.45) is 3.69. The average Bonchev–Trinajstić information content (AvgIpc) is 2.43. The van der Waals surface area contributed by atoms with Gasteiger partial charge in [-0.3, -0.25) is 4.98 Å². The van der Waals surface area contributed by atoms with Gasteiger partial charge in [0.1, 0.15) is 0 Å². The number of benzene rings is 1. The third-order valence-electron chi connectivity index (χ3n) is 2.97. The topological polar surface area (TPSA) is 12.9 Å². The second-order valence-corrected chi connectivity index (χ2v) is 6.57. The van der Waals surface area contributed by atoms with Gasteiger partial charge in [-0.15, -0.1) is 11.6 Å². The van der Waals surface area contributed by atoms with E-state index in [1.165, 1.54) is 5.56 Å². The Kier molecular flexibility index (Phi) is 5.86. The highest BCUT2D eigenvalue weighted by atomic mass is 79.9. The minimum Gasteiger partial charge on any atom is -0.260 e. The van der Waals surface area contributed by atoms with Gasteiger partial charge < -0.3 is 0 Å². The van der Waals surface area contributed by atoms with E-state index in [1.807, 2.05) is 24.4 Å². The van der Waals surface area contributed by atoms with Crippen molar-refractivity contribution >= 4 is 43.5 Å². The highest BCUT2D eigenvalue weighted by Gasteiger charge is 2.12. The van der Waals surface area contributed by atoms with Gasteiger partial charge in [0.2, 0.25) is 0 Å². The molecule has 0 N–H and O–H groups in total. The summed E-state index contributed by atoms with van der Waals surface area (Å²) >= 11 is 13.1. The van der Waals surface area contributed by atoms with Gasteiger partial charge in [-0.2, -0.15) is 0 Å². The number of alkyl halides is 1. The molecule has 100 valence electrons. The van der Waals surface area contributed by atoms with E-state index in [9.17, 15) is 0 Å². The Hall–Kier alpha value is -0.380. The van der Waals surface area contributed by atoms with Gasteiger partial charge in [0.25, 0.3) is 0 Å². The molecule has 0 saturated heterocycles. The maximum Gasteiger partial charge on any atom is 0.0413 e. The molecular formula is C15H14Br2ClN. The van der Waals surface area contributed by atoms with Gasteiger partial charge in [-0.25, -0.2) is 0 Å². The molecule has 0 aliphatic carbocycles. The Morgan fingerprint density at radius 1 is 1.05 bits per heavy atom. The molecule has 2 rings (SSSR count). The van der Waals surface area contributed by atoms with Gasteiger partial charge in [0.05, 0.1) is 0 Å². The van der Waals surface area contributed by atoms with Gasteiger partial charge in [0, 0.05) is 26.7 Å². The minimum atomic E-state index is 0.397. The molecule has 0 aliphatic heterocycles. The second kappa shape index (κ2) is 7.41. The smallest absolute Gasteiger partial charge is 0.0413 e. The van der Waals surface area contributed by atoms with Crippen LogP contribution in [0.25, 0.3) is 0 Å². The van der Waals surface area contributed by atoms with Crippen molar-refractivity contribution in [3.63, 3.8) is 0 Å². The number of rotatable bonds is 5. The molecule has 0 aliphatic rings. The predicted molar refractivity (Wildman–Crippen MR) is 87.7 cm³/mol. The fourth-order valence-corrected chi connectivity index (χ4v) is 2.88. The van der Waals surface area contributed by atoms with Crippen LogP contribution < -0.4 is 0 Å². The summed E-state index contributed by atoms with van der Waals surface area (Å²) in [6.45, 7) is 0. The molecule has 1 atom stereocenters. The van der Waals surface area contributed by atoms with Crippen molar-refractivity contribution in [1.82, 2.24) is 4.98 Å². The molecule has 1 unspecified atom stereocenters. The molecule has 1 nitrogen and oxygen atoms in total. The first-order valence-electron chi connectivity index (χ1n) is 6.09. The van der Waals surface area contributed by atoms with Crippen LogP contribution in [-0.4, -0.2) is 10.9 Å². The van der Waals surface area contributed by atoms with Gasteiger partial charge in [0.15, 0.2) is 0 Å².